The molecule has 3 aromatic rings. The van der Waals surface area contributed by atoms with E-state index in [9.17, 15) is 13.2 Å². The Bertz CT molecular complexity index is 1150. The Labute approximate surface area is 186 Å². The van der Waals surface area contributed by atoms with Crippen LogP contribution in [0.4, 0.5) is 11.4 Å². The summed E-state index contributed by atoms with van der Waals surface area (Å²) in [7, 11) is -3.98. The van der Waals surface area contributed by atoms with Gasteiger partial charge in [-0.3, -0.25) is 9.10 Å². The molecule has 0 aliphatic carbocycles. The molecule has 3 rings (SSSR count). The molecule has 6 nitrogen and oxygen atoms in total. The van der Waals surface area contributed by atoms with Gasteiger partial charge in [-0.2, -0.15) is 0 Å². The number of anilines is 2. The van der Waals surface area contributed by atoms with Crippen LogP contribution in [0, 0.1) is 0 Å². The molecule has 0 bridgehead atoms. The molecule has 0 spiro atoms. The van der Waals surface area contributed by atoms with Crippen molar-refractivity contribution in [2.45, 2.75) is 4.90 Å². The SMILES string of the molecule is C=CCOc1cccc(NC(=O)CN(c2ccc(Cl)cc2)S(=O)(=O)c2ccccc2)c1. The predicted octanol–water partition coefficient (Wildman–Crippen LogP) is 4.74. The monoisotopic (exact) mass is 456 g/mol. The summed E-state index contributed by atoms with van der Waals surface area (Å²) < 4.78 is 33.0. The Hall–Kier alpha value is -3.29. The number of sulfonamides is 1. The first-order valence-corrected chi connectivity index (χ1v) is 11.2. The van der Waals surface area contributed by atoms with Crippen LogP contribution in [-0.2, 0) is 14.8 Å². The summed E-state index contributed by atoms with van der Waals surface area (Å²) >= 11 is 5.95. The Kier molecular flexibility index (Phi) is 7.33. The Morgan fingerprint density at radius 2 is 1.74 bits per heavy atom. The largest absolute Gasteiger partial charge is 0.489 e. The molecule has 0 unspecified atom stereocenters. The molecule has 0 radical (unpaired) electrons. The van der Waals surface area contributed by atoms with E-state index in [4.69, 9.17) is 16.3 Å². The molecule has 0 aliphatic heterocycles. The number of carbonyl (C=O) groups excluding carboxylic acids is 1. The van der Waals surface area contributed by atoms with E-state index in [2.05, 4.69) is 11.9 Å². The van der Waals surface area contributed by atoms with E-state index in [1.165, 1.54) is 12.1 Å². The summed E-state index contributed by atoms with van der Waals surface area (Å²) in [5.74, 6) is 0.0551. The van der Waals surface area contributed by atoms with Crippen molar-refractivity contribution in [2.75, 3.05) is 22.8 Å². The van der Waals surface area contributed by atoms with E-state index in [0.717, 1.165) is 4.31 Å². The van der Waals surface area contributed by atoms with Crippen molar-refractivity contribution < 1.29 is 17.9 Å². The zero-order valence-corrected chi connectivity index (χ0v) is 18.1. The van der Waals surface area contributed by atoms with Gasteiger partial charge in [-0.1, -0.05) is 48.5 Å². The highest BCUT2D eigenvalue weighted by Crippen LogP contribution is 2.25. The molecule has 0 aromatic heterocycles. The number of hydrogen-bond acceptors (Lipinski definition) is 4. The molecule has 0 saturated carbocycles. The summed E-state index contributed by atoms with van der Waals surface area (Å²) in [6.07, 6.45) is 1.61. The maximum atomic E-state index is 13.3. The second-order valence-electron chi connectivity index (χ2n) is 6.48. The lowest BCUT2D eigenvalue weighted by Gasteiger charge is -2.24. The second kappa shape index (κ2) is 10.1. The second-order valence-corrected chi connectivity index (χ2v) is 8.78. The van der Waals surface area contributed by atoms with Crippen LogP contribution in [0.3, 0.4) is 0 Å². The molecule has 0 saturated heterocycles. The lowest BCUT2D eigenvalue weighted by molar-refractivity contribution is -0.114. The maximum Gasteiger partial charge on any atom is 0.264 e. The summed E-state index contributed by atoms with van der Waals surface area (Å²) in [6.45, 7) is 3.51. The van der Waals surface area contributed by atoms with Gasteiger partial charge >= 0.3 is 0 Å². The maximum absolute atomic E-state index is 13.3. The van der Waals surface area contributed by atoms with Crippen LogP contribution in [0.15, 0.2) is 96.4 Å². The molecule has 0 aliphatic rings. The molecule has 1 N–H and O–H groups in total. The number of rotatable bonds is 9. The van der Waals surface area contributed by atoms with Crippen LogP contribution in [-0.4, -0.2) is 27.5 Å². The number of benzene rings is 3. The van der Waals surface area contributed by atoms with E-state index >= 15 is 0 Å². The van der Waals surface area contributed by atoms with Gasteiger partial charge < -0.3 is 10.1 Å². The molecule has 31 heavy (non-hydrogen) atoms. The van der Waals surface area contributed by atoms with E-state index in [1.807, 2.05) is 0 Å². The molecule has 8 heteroatoms. The number of carbonyl (C=O) groups is 1. The molecule has 0 atom stereocenters. The quantitative estimate of drug-likeness (QED) is 0.472. The van der Waals surface area contributed by atoms with Gasteiger partial charge in [-0.15, -0.1) is 0 Å². The van der Waals surface area contributed by atoms with Gasteiger partial charge in [0.25, 0.3) is 10.0 Å². The van der Waals surface area contributed by atoms with Crippen molar-refractivity contribution >= 4 is 38.9 Å². The van der Waals surface area contributed by atoms with Gasteiger partial charge in [0.15, 0.2) is 0 Å². The van der Waals surface area contributed by atoms with E-state index in [-0.39, 0.29) is 4.90 Å². The van der Waals surface area contributed by atoms with E-state index < -0.39 is 22.5 Å². The normalized spacial score (nSPS) is 10.9. The van der Waals surface area contributed by atoms with Gasteiger partial charge in [-0.25, -0.2) is 8.42 Å². The molecule has 0 fully saturated rings. The minimum absolute atomic E-state index is 0.0811. The fourth-order valence-electron chi connectivity index (χ4n) is 2.79. The van der Waals surface area contributed by atoms with Gasteiger partial charge in [0.2, 0.25) is 5.91 Å². The van der Waals surface area contributed by atoms with E-state index in [0.29, 0.717) is 28.8 Å². The Morgan fingerprint density at radius 3 is 2.42 bits per heavy atom. The van der Waals surface area contributed by atoms with Crippen molar-refractivity contribution in [1.29, 1.82) is 0 Å². The molecule has 3 aromatic carbocycles. The minimum atomic E-state index is -3.98. The number of ether oxygens (including phenoxy) is 1. The van der Waals surface area contributed by atoms with Crippen molar-refractivity contribution in [2.24, 2.45) is 0 Å². The van der Waals surface area contributed by atoms with Crippen LogP contribution in [0.1, 0.15) is 0 Å². The van der Waals surface area contributed by atoms with Gasteiger partial charge in [0.1, 0.15) is 18.9 Å². The van der Waals surface area contributed by atoms with Crippen molar-refractivity contribution in [1.82, 2.24) is 0 Å². The first kappa shape index (κ1) is 22.4. The fraction of sp³-hybridized carbons (Fsp3) is 0.0870. The lowest BCUT2D eigenvalue weighted by Crippen LogP contribution is -2.38. The first-order valence-electron chi connectivity index (χ1n) is 9.37. The fourth-order valence-corrected chi connectivity index (χ4v) is 4.36. The standard InChI is InChI=1S/C23H21ClN2O4S/c1-2-15-30-21-8-6-7-19(16-21)25-23(27)17-26(20-13-11-18(24)12-14-20)31(28,29)22-9-4-3-5-10-22/h2-14,16H,1,15,17H2,(H,25,27). The molecular weight excluding hydrogens is 436 g/mol. The highest BCUT2D eigenvalue weighted by atomic mass is 35.5. The number of hydrogen-bond donors (Lipinski definition) is 1. The van der Waals surface area contributed by atoms with Crippen molar-refractivity contribution in [3.8, 4) is 5.75 Å². The summed E-state index contributed by atoms with van der Waals surface area (Å²) in [5.41, 5.74) is 0.811. The number of amides is 1. The average molecular weight is 457 g/mol. The van der Waals surface area contributed by atoms with Gasteiger partial charge in [0, 0.05) is 16.8 Å². The zero-order valence-electron chi connectivity index (χ0n) is 16.6. The molecular formula is C23H21ClN2O4S. The van der Waals surface area contributed by atoms with Crippen LogP contribution in [0.2, 0.25) is 5.02 Å². The van der Waals surface area contributed by atoms with Crippen LogP contribution < -0.4 is 14.4 Å². The average Bonchev–Trinajstić information content (AvgIpc) is 2.77. The van der Waals surface area contributed by atoms with Crippen LogP contribution in [0.25, 0.3) is 0 Å². The van der Waals surface area contributed by atoms with Crippen LogP contribution >= 0.6 is 11.6 Å². The third-order valence-electron chi connectivity index (χ3n) is 4.22. The Morgan fingerprint density at radius 1 is 1.03 bits per heavy atom. The third kappa shape index (κ3) is 5.87. The highest BCUT2D eigenvalue weighted by Gasteiger charge is 2.27. The zero-order chi connectivity index (χ0) is 22.3. The van der Waals surface area contributed by atoms with Crippen LogP contribution in [0.5, 0.6) is 5.75 Å². The third-order valence-corrected chi connectivity index (χ3v) is 6.26. The minimum Gasteiger partial charge on any atom is -0.489 e. The smallest absolute Gasteiger partial charge is 0.264 e. The first-order chi connectivity index (χ1) is 14.9. The number of nitrogens with one attached hydrogen (secondary N) is 1. The molecule has 160 valence electrons. The van der Waals surface area contributed by atoms with Crippen molar-refractivity contribution in [3.63, 3.8) is 0 Å². The predicted molar refractivity (Wildman–Crippen MR) is 123 cm³/mol. The molecule has 0 heterocycles. The highest BCUT2D eigenvalue weighted by molar-refractivity contribution is 7.92. The Balaban J connectivity index is 1.86. The summed E-state index contributed by atoms with van der Waals surface area (Å²) in [6, 6.07) is 21.0. The summed E-state index contributed by atoms with van der Waals surface area (Å²) in [4.78, 5) is 12.8. The van der Waals surface area contributed by atoms with E-state index in [1.54, 1.807) is 72.8 Å². The molecule has 1 amide bonds. The summed E-state index contributed by atoms with van der Waals surface area (Å²) in [5, 5.41) is 3.18. The van der Waals surface area contributed by atoms with Gasteiger partial charge in [-0.05, 0) is 48.5 Å². The van der Waals surface area contributed by atoms with Crippen molar-refractivity contribution in [3.05, 3.63) is 96.5 Å². The number of nitrogens with zero attached hydrogens (tertiary/aromatic N) is 1. The van der Waals surface area contributed by atoms with Gasteiger partial charge in [0.05, 0.1) is 10.6 Å². The lowest BCUT2D eigenvalue weighted by atomic mass is 10.3. The number of halogens is 1. The topological polar surface area (TPSA) is 75.7 Å².